The lowest BCUT2D eigenvalue weighted by atomic mass is 9.94. The summed E-state index contributed by atoms with van der Waals surface area (Å²) >= 11 is 0. The van der Waals surface area contributed by atoms with Crippen LogP contribution >= 0.6 is 0 Å². The number of halogens is 3. The van der Waals surface area contributed by atoms with Gasteiger partial charge in [0.25, 0.3) is 0 Å². The molecule has 1 atom stereocenters. The van der Waals surface area contributed by atoms with E-state index in [0.717, 1.165) is 27.8 Å². The van der Waals surface area contributed by atoms with Crippen molar-refractivity contribution in [1.29, 1.82) is 0 Å². The van der Waals surface area contributed by atoms with E-state index in [1.54, 1.807) is 26.0 Å². The number of nitrogens with one attached hydrogen (secondary N) is 1. The van der Waals surface area contributed by atoms with Gasteiger partial charge in [0.05, 0.1) is 0 Å². The minimum absolute atomic E-state index is 0.0349. The lowest BCUT2D eigenvalue weighted by Crippen LogP contribution is -2.51. The quantitative estimate of drug-likeness (QED) is 0.883. The van der Waals surface area contributed by atoms with Gasteiger partial charge in [0, 0.05) is 12.0 Å². The summed E-state index contributed by atoms with van der Waals surface area (Å²) in [4.78, 5) is 11.7. The van der Waals surface area contributed by atoms with Crippen LogP contribution in [0.15, 0.2) is 36.4 Å². The van der Waals surface area contributed by atoms with E-state index in [1.165, 1.54) is 6.07 Å². The van der Waals surface area contributed by atoms with E-state index in [4.69, 9.17) is 0 Å². The highest BCUT2D eigenvalue weighted by molar-refractivity contribution is 5.86. The third-order valence-corrected chi connectivity index (χ3v) is 4.75. The zero-order valence-corrected chi connectivity index (χ0v) is 14.4. The van der Waals surface area contributed by atoms with Crippen molar-refractivity contribution >= 4 is 16.7 Å². The van der Waals surface area contributed by atoms with Crippen LogP contribution in [0.2, 0.25) is 0 Å². The molecule has 1 aliphatic rings. The molecule has 3 nitrogen and oxygen atoms in total. The average Bonchev–Trinajstić information content (AvgIpc) is 2.77. The molecule has 0 bridgehead atoms. The Hall–Kier alpha value is -2.08. The molecule has 1 saturated heterocycles. The second-order valence-electron chi connectivity index (χ2n) is 7.09. The maximum Gasteiger partial charge on any atom is 0.409 e. The molecule has 1 heterocycles. The van der Waals surface area contributed by atoms with Crippen LogP contribution in [0.5, 0.6) is 0 Å². The van der Waals surface area contributed by atoms with Gasteiger partial charge in [-0.1, -0.05) is 37.3 Å². The number of alkyl halides is 3. The Morgan fingerprint density at radius 2 is 1.96 bits per heavy atom. The first-order chi connectivity index (χ1) is 11.6. The van der Waals surface area contributed by atoms with E-state index < -0.39 is 23.7 Å². The van der Waals surface area contributed by atoms with Crippen LogP contribution in [0.25, 0.3) is 10.8 Å². The number of fused-ring (bicyclic) bond motifs is 1. The standard InChI is InChI=1S/C19H21F3N2O/c1-4-12-6-5-7-13-10-14(8-9-15(12)13)17(19(20,21)22)24-18(2,3)11-16(25)23-24/h5-10,17H,4,11H2,1-3H3,(H,23,25). The number of nitrogens with zero attached hydrogens (tertiary/aromatic N) is 1. The molecular formula is C19H21F3N2O. The Morgan fingerprint density at radius 3 is 2.52 bits per heavy atom. The molecule has 0 radical (unpaired) electrons. The predicted octanol–water partition coefficient (Wildman–Crippen LogP) is 4.52. The molecule has 1 amide bonds. The van der Waals surface area contributed by atoms with E-state index in [9.17, 15) is 18.0 Å². The monoisotopic (exact) mass is 350 g/mol. The van der Waals surface area contributed by atoms with Gasteiger partial charge >= 0.3 is 6.18 Å². The Bertz CT molecular complexity index is 814. The van der Waals surface area contributed by atoms with Crippen molar-refractivity contribution in [2.24, 2.45) is 0 Å². The second kappa shape index (κ2) is 6.02. The Morgan fingerprint density at radius 1 is 1.24 bits per heavy atom. The number of rotatable bonds is 3. The first-order valence-electron chi connectivity index (χ1n) is 8.30. The van der Waals surface area contributed by atoms with Gasteiger partial charge in [-0.05, 0) is 48.2 Å². The molecule has 2 aromatic carbocycles. The topological polar surface area (TPSA) is 32.3 Å². The average molecular weight is 350 g/mol. The highest BCUT2D eigenvalue weighted by atomic mass is 19.4. The van der Waals surface area contributed by atoms with Gasteiger partial charge in [0.1, 0.15) is 0 Å². The van der Waals surface area contributed by atoms with Crippen molar-refractivity contribution in [3.05, 3.63) is 47.5 Å². The number of hydrogen-bond acceptors (Lipinski definition) is 2. The number of amides is 1. The summed E-state index contributed by atoms with van der Waals surface area (Å²) in [6.07, 6.45) is -3.66. The van der Waals surface area contributed by atoms with E-state index in [0.29, 0.717) is 0 Å². The summed E-state index contributed by atoms with van der Waals surface area (Å²) in [5, 5.41) is 2.77. The maximum absolute atomic E-state index is 13.9. The summed E-state index contributed by atoms with van der Waals surface area (Å²) in [6.45, 7) is 5.29. The minimum Gasteiger partial charge on any atom is -0.287 e. The molecule has 134 valence electrons. The van der Waals surface area contributed by atoms with E-state index in [2.05, 4.69) is 5.43 Å². The van der Waals surface area contributed by atoms with Crippen molar-refractivity contribution < 1.29 is 18.0 Å². The molecule has 6 heteroatoms. The number of benzene rings is 2. The van der Waals surface area contributed by atoms with Gasteiger partial charge in [0.2, 0.25) is 5.91 Å². The summed E-state index contributed by atoms with van der Waals surface area (Å²) in [5.74, 6) is -0.395. The fourth-order valence-corrected chi connectivity index (χ4v) is 3.55. The Balaban J connectivity index is 2.12. The SMILES string of the molecule is CCc1cccc2cc(C(N3NC(=O)CC3(C)C)C(F)(F)F)ccc12. The third-order valence-electron chi connectivity index (χ3n) is 4.75. The lowest BCUT2D eigenvalue weighted by molar-refractivity contribution is -0.203. The maximum atomic E-state index is 13.9. The summed E-state index contributed by atoms with van der Waals surface area (Å²) in [7, 11) is 0. The molecule has 0 spiro atoms. The molecule has 1 unspecified atom stereocenters. The predicted molar refractivity (Wildman–Crippen MR) is 90.8 cm³/mol. The molecule has 3 rings (SSSR count). The largest absolute Gasteiger partial charge is 0.409 e. The number of carbonyl (C=O) groups excluding carboxylic acids is 1. The zero-order chi connectivity index (χ0) is 18.4. The molecule has 1 fully saturated rings. The molecular weight excluding hydrogens is 329 g/mol. The molecule has 25 heavy (non-hydrogen) atoms. The highest BCUT2D eigenvalue weighted by Gasteiger charge is 2.52. The van der Waals surface area contributed by atoms with Crippen LogP contribution in [-0.4, -0.2) is 22.6 Å². The normalized spacial score (nSPS) is 19.2. The van der Waals surface area contributed by atoms with Gasteiger partial charge in [-0.3, -0.25) is 10.2 Å². The summed E-state index contributed by atoms with van der Waals surface area (Å²) < 4.78 is 41.6. The van der Waals surface area contributed by atoms with Crippen LogP contribution < -0.4 is 5.43 Å². The van der Waals surface area contributed by atoms with Crippen molar-refractivity contribution in [3.63, 3.8) is 0 Å². The first kappa shape index (κ1) is 17.7. The Kier molecular flexibility index (Phi) is 4.27. The number of carbonyl (C=O) groups is 1. The smallest absolute Gasteiger partial charge is 0.287 e. The molecule has 1 aliphatic heterocycles. The minimum atomic E-state index is -4.51. The van der Waals surface area contributed by atoms with Gasteiger partial charge < -0.3 is 0 Å². The van der Waals surface area contributed by atoms with Gasteiger partial charge in [-0.2, -0.15) is 18.2 Å². The summed E-state index contributed by atoms with van der Waals surface area (Å²) in [6, 6.07) is 8.60. The Labute approximate surface area is 144 Å². The molecule has 0 aromatic heterocycles. The van der Waals surface area contributed by atoms with E-state index >= 15 is 0 Å². The highest BCUT2D eigenvalue weighted by Crippen LogP contribution is 2.43. The first-order valence-corrected chi connectivity index (χ1v) is 8.30. The van der Waals surface area contributed by atoms with E-state index in [-0.39, 0.29) is 12.0 Å². The van der Waals surface area contributed by atoms with Crippen molar-refractivity contribution in [1.82, 2.24) is 10.4 Å². The van der Waals surface area contributed by atoms with Crippen molar-refractivity contribution in [2.45, 2.75) is 51.4 Å². The fraction of sp³-hybridized carbons (Fsp3) is 0.421. The van der Waals surface area contributed by atoms with Gasteiger partial charge in [0.15, 0.2) is 6.04 Å². The molecule has 2 aromatic rings. The van der Waals surface area contributed by atoms with Crippen LogP contribution in [0.4, 0.5) is 13.2 Å². The number of aryl methyl sites for hydroxylation is 1. The molecule has 1 N–H and O–H groups in total. The zero-order valence-electron chi connectivity index (χ0n) is 14.4. The van der Waals surface area contributed by atoms with Gasteiger partial charge in [-0.25, -0.2) is 0 Å². The summed E-state index contributed by atoms with van der Waals surface area (Å²) in [5.41, 5.74) is 2.70. The van der Waals surface area contributed by atoms with Crippen molar-refractivity contribution in [2.75, 3.05) is 0 Å². The third kappa shape index (κ3) is 3.23. The second-order valence-corrected chi connectivity index (χ2v) is 7.09. The molecule has 0 aliphatic carbocycles. The van der Waals surface area contributed by atoms with E-state index in [1.807, 2.05) is 25.1 Å². The van der Waals surface area contributed by atoms with Crippen LogP contribution in [-0.2, 0) is 11.2 Å². The number of hydrazine groups is 1. The molecule has 0 saturated carbocycles. The van der Waals surface area contributed by atoms with Crippen LogP contribution in [0.1, 0.15) is 44.4 Å². The lowest BCUT2D eigenvalue weighted by Gasteiger charge is -2.38. The number of hydrogen-bond donors (Lipinski definition) is 1. The van der Waals surface area contributed by atoms with Crippen LogP contribution in [0, 0.1) is 0 Å². The van der Waals surface area contributed by atoms with Crippen molar-refractivity contribution in [3.8, 4) is 0 Å². The fourth-order valence-electron chi connectivity index (χ4n) is 3.55. The van der Waals surface area contributed by atoms with Crippen LogP contribution in [0.3, 0.4) is 0 Å². The van der Waals surface area contributed by atoms with Gasteiger partial charge in [-0.15, -0.1) is 0 Å².